The van der Waals surface area contributed by atoms with E-state index in [1.807, 2.05) is 31.2 Å². The topological polar surface area (TPSA) is 52.9 Å². The van der Waals surface area contributed by atoms with Gasteiger partial charge in [0.2, 0.25) is 5.91 Å². The van der Waals surface area contributed by atoms with Crippen LogP contribution in [0.5, 0.6) is 0 Å². The molecule has 1 atom stereocenters. The zero-order valence-corrected chi connectivity index (χ0v) is 11.4. The van der Waals surface area contributed by atoms with Gasteiger partial charge in [0.05, 0.1) is 6.07 Å². The number of aryl methyl sites for hydroxylation is 1. The Hall–Kier alpha value is -1.82. The van der Waals surface area contributed by atoms with E-state index in [-0.39, 0.29) is 18.2 Å². The lowest BCUT2D eigenvalue weighted by Crippen LogP contribution is -2.21. The van der Waals surface area contributed by atoms with Gasteiger partial charge in [-0.05, 0) is 24.0 Å². The molecule has 0 bridgehead atoms. The third kappa shape index (κ3) is 3.33. The Morgan fingerprint density at radius 3 is 2.61 bits per heavy atom. The normalized spacial score (nSPS) is 12.0. The van der Waals surface area contributed by atoms with Crippen LogP contribution >= 0.6 is 0 Å². The third-order valence-corrected chi connectivity index (χ3v) is 3.02. The molecule has 1 unspecified atom stereocenters. The van der Waals surface area contributed by atoms with Crippen molar-refractivity contribution < 1.29 is 4.79 Å². The molecular formula is C15H20N2O. The molecule has 0 aliphatic rings. The van der Waals surface area contributed by atoms with Crippen LogP contribution in [0.3, 0.4) is 0 Å². The van der Waals surface area contributed by atoms with Crippen LogP contribution in [0.1, 0.15) is 44.2 Å². The Bertz CT molecular complexity index is 472. The van der Waals surface area contributed by atoms with E-state index >= 15 is 0 Å². The predicted molar refractivity (Wildman–Crippen MR) is 73.3 cm³/mol. The van der Waals surface area contributed by atoms with E-state index in [0.717, 1.165) is 16.8 Å². The summed E-state index contributed by atoms with van der Waals surface area (Å²) in [7, 11) is 0. The number of hydrogen-bond donors (Lipinski definition) is 1. The molecule has 0 fully saturated rings. The number of carbonyl (C=O) groups is 1. The van der Waals surface area contributed by atoms with Crippen molar-refractivity contribution in [2.75, 3.05) is 5.32 Å². The van der Waals surface area contributed by atoms with Gasteiger partial charge in [-0.3, -0.25) is 4.79 Å². The number of carbonyl (C=O) groups excluding carboxylic acids is 1. The van der Waals surface area contributed by atoms with Gasteiger partial charge in [0.25, 0.3) is 0 Å². The Morgan fingerprint density at radius 2 is 2.06 bits per heavy atom. The standard InChI is InChI=1S/C15H20N2O/c1-10(2)13-7-5-6-11(3)14(13)17-15(18)12(4)8-9-16/h5-7,10,12H,8H2,1-4H3,(H,17,18). The van der Waals surface area contributed by atoms with Gasteiger partial charge in [-0.15, -0.1) is 0 Å². The first-order valence-electron chi connectivity index (χ1n) is 6.24. The summed E-state index contributed by atoms with van der Waals surface area (Å²) >= 11 is 0. The molecule has 1 amide bonds. The van der Waals surface area contributed by atoms with Crippen molar-refractivity contribution in [2.45, 2.75) is 40.0 Å². The minimum atomic E-state index is -0.283. The lowest BCUT2D eigenvalue weighted by Gasteiger charge is -2.17. The van der Waals surface area contributed by atoms with Gasteiger partial charge < -0.3 is 5.32 Å². The maximum absolute atomic E-state index is 12.0. The molecule has 96 valence electrons. The highest BCUT2D eigenvalue weighted by Crippen LogP contribution is 2.27. The Morgan fingerprint density at radius 1 is 1.39 bits per heavy atom. The van der Waals surface area contributed by atoms with Crippen LogP contribution in [0.2, 0.25) is 0 Å². The van der Waals surface area contributed by atoms with Crippen LogP contribution in [0.25, 0.3) is 0 Å². The largest absolute Gasteiger partial charge is 0.325 e. The number of nitrogens with zero attached hydrogens (tertiary/aromatic N) is 1. The van der Waals surface area contributed by atoms with Crippen LogP contribution in [-0.2, 0) is 4.79 Å². The smallest absolute Gasteiger partial charge is 0.228 e. The fourth-order valence-electron chi connectivity index (χ4n) is 1.82. The lowest BCUT2D eigenvalue weighted by atomic mass is 9.97. The van der Waals surface area contributed by atoms with E-state index in [9.17, 15) is 4.79 Å². The first-order chi connectivity index (χ1) is 8.47. The van der Waals surface area contributed by atoms with Gasteiger partial charge in [0.1, 0.15) is 0 Å². The van der Waals surface area contributed by atoms with Gasteiger partial charge in [-0.2, -0.15) is 5.26 Å². The molecule has 18 heavy (non-hydrogen) atoms. The second-order valence-corrected chi connectivity index (χ2v) is 4.95. The quantitative estimate of drug-likeness (QED) is 0.879. The average molecular weight is 244 g/mol. The van der Waals surface area contributed by atoms with Crippen molar-refractivity contribution in [1.29, 1.82) is 5.26 Å². The second-order valence-electron chi connectivity index (χ2n) is 4.95. The zero-order chi connectivity index (χ0) is 13.7. The van der Waals surface area contributed by atoms with E-state index < -0.39 is 0 Å². The predicted octanol–water partition coefficient (Wildman–Crippen LogP) is 3.61. The molecule has 0 saturated heterocycles. The van der Waals surface area contributed by atoms with Crippen LogP contribution in [-0.4, -0.2) is 5.91 Å². The Balaban J connectivity index is 2.97. The van der Waals surface area contributed by atoms with Gasteiger partial charge in [-0.25, -0.2) is 0 Å². The highest BCUT2D eigenvalue weighted by atomic mass is 16.1. The molecule has 1 N–H and O–H groups in total. The van der Waals surface area contributed by atoms with Gasteiger partial charge in [0, 0.05) is 18.0 Å². The van der Waals surface area contributed by atoms with E-state index in [1.165, 1.54) is 0 Å². The fourth-order valence-corrected chi connectivity index (χ4v) is 1.82. The van der Waals surface area contributed by atoms with Gasteiger partial charge in [0.15, 0.2) is 0 Å². The number of rotatable bonds is 4. The molecule has 0 aliphatic carbocycles. The summed E-state index contributed by atoms with van der Waals surface area (Å²) in [6.45, 7) is 7.95. The number of nitrogens with one attached hydrogen (secondary N) is 1. The summed E-state index contributed by atoms with van der Waals surface area (Å²) < 4.78 is 0. The van der Waals surface area contributed by atoms with Gasteiger partial charge >= 0.3 is 0 Å². The van der Waals surface area contributed by atoms with Crippen molar-refractivity contribution in [1.82, 2.24) is 0 Å². The fraction of sp³-hybridized carbons (Fsp3) is 0.467. The summed E-state index contributed by atoms with van der Waals surface area (Å²) in [5, 5.41) is 11.6. The zero-order valence-electron chi connectivity index (χ0n) is 11.4. The van der Waals surface area contributed by atoms with Crippen LogP contribution < -0.4 is 5.32 Å². The van der Waals surface area contributed by atoms with Gasteiger partial charge in [-0.1, -0.05) is 39.0 Å². The molecule has 1 aromatic carbocycles. The summed E-state index contributed by atoms with van der Waals surface area (Å²) in [5.41, 5.74) is 3.08. The van der Waals surface area contributed by atoms with Crippen molar-refractivity contribution in [3.63, 3.8) is 0 Å². The number of nitriles is 1. The Labute approximate surface area is 109 Å². The molecule has 0 aliphatic heterocycles. The number of benzene rings is 1. The van der Waals surface area contributed by atoms with Crippen molar-refractivity contribution in [2.24, 2.45) is 5.92 Å². The second kappa shape index (κ2) is 6.20. The first-order valence-corrected chi connectivity index (χ1v) is 6.24. The average Bonchev–Trinajstić information content (AvgIpc) is 2.31. The third-order valence-electron chi connectivity index (χ3n) is 3.02. The number of hydrogen-bond acceptors (Lipinski definition) is 2. The number of para-hydroxylation sites is 1. The minimum absolute atomic E-state index is 0.0900. The molecule has 0 spiro atoms. The maximum Gasteiger partial charge on any atom is 0.228 e. The van der Waals surface area contributed by atoms with Crippen LogP contribution in [0.15, 0.2) is 18.2 Å². The molecule has 3 heteroatoms. The number of anilines is 1. The highest BCUT2D eigenvalue weighted by Gasteiger charge is 2.16. The van der Waals surface area contributed by atoms with Crippen molar-refractivity contribution in [3.8, 4) is 6.07 Å². The summed E-state index contributed by atoms with van der Waals surface area (Å²) in [5.74, 6) is -0.0196. The molecule has 0 aromatic heterocycles. The molecule has 3 nitrogen and oxygen atoms in total. The van der Waals surface area contributed by atoms with E-state index in [2.05, 4.69) is 19.2 Å². The molecule has 0 saturated carbocycles. The number of amides is 1. The van der Waals surface area contributed by atoms with Crippen LogP contribution in [0, 0.1) is 24.2 Å². The van der Waals surface area contributed by atoms with Crippen molar-refractivity contribution in [3.05, 3.63) is 29.3 Å². The van der Waals surface area contributed by atoms with E-state index in [0.29, 0.717) is 5.92 Å². The minimum Gasteiger partial charge on any atom is -0.325 e. The molecule has 1 rings (SSSR count). The molecule has 0 heterocycles. The van der Waals surface area contributed by atoms with E-state index in [4.69, 9.17) is 5.26 Å². The summed E-state index contributed by atoms with van der Waals surface area (Å²) in [4.78, 5) is 12.0. The monoisotopic (exact) mass is 244 g/mol. The Kier molecular flexibility index (Phi) is 4.91. The van der Waals surface area contributed by atoms with E-state index in [1.54, 1.807) is 6.92 Å². The first kappa shape index (κ1) is 14.2. The molecule has 1 aromatic rings. The maximum atomic E-state index is 12.0. The summed E-state index contributed by atoms with van der Waals surface area (Å²) in [6.07, 6.45) is 0.245. The van der Waals surface area contributed by atoms with Crippen molar-refractivity contribution >= 4 is 11.6 Å². The molecule has 0 radical (unpaired) electrons. The SMILES string of the molecule is Cc1cccc(C(C)C)c1NC(=O)C(C)CC#N. The van der Waals surface area contributed by atoms with Crippen LogP contribution in [0.4, 0.5) is 5.69 Å². The highest BCUT2D eigenvalue weighted by molar-refractivity contribution is 5.94. The molecular weight excluding hydrogens is 224 g/mol. The lowest BCUT2D eigenvalue weighted by molar-refractivity contribution is -0.119. The summed E-state index contributed by atoms with van der Waals surface area (Å²) in [6, 6.07) is 8.04.